The van der Waals surface area contributed by atoms with E-state index in [1.807, 2.05) is 41.1 Å². The maximum absolute atomic E-state index is 12.8. The molecule has 1 aromatic heterocycles. The highest BCUT2D eigenvalue weighted by Gasteiger charge is 2.26. The zero-order valence-corrected chi connectivity index (χ0v) is 13.6. The summed E-state index contributed by atoms with van der Waals surface area (Å²) in [7, 11) is 0. The van der Waals surface area contributed by atoms with Crippen LogP contribution in [0.5, 0.6) is 0 Å². The molecular formula is C21H18N2O. The van der Waals surface area contributed by atoms with Crippen LogP contribution in [0.1, 0.15) is 33.6 Å². The maximum Gasteiger partial charge on any atom is 0.192 e. The van der Waals surface area contributed by atoms with Gasteiger partial charge in [-0.05, 0) is 43.5 Å². The third kappa shape index (κ3) is 2.58. The lowest BCUT2D eigenvalue weighted by Crippen LogP contribution is -2.15. The topological polar surface area (TPSA) is 34.9 Å². The molecule has 0 radical (unpaired) electrons. The molecule has 0 saturated carbocycles. The van der Waals surface area contributed by atoms with Crippen molar-refractivity contribution < 1.29 is 4.79 Å². The van der Waals surface area contributed by atoms with E-state index in [9.17, 15) is 4.79 Å². The molecule has 118 valence electrons. The highest BCUT2D eigenvalue weighted by atomic mass is 16.1. The molecule has 0 atom stereocenters. The van der Waals surface area contributed by atoms with Crippen LogP contribution < -0.4 is 0 Å². The summed E-state index contributed by atoms with van der Waals surface area (Å²) < 4.78 is 1.88. The number of carbonyl (C=O) groups is 1. The Kier molecular flexibility index (Phi) is 3.62. The van der Waals surface area contributed by atoms with Gasteiger partial charge in [0.2, 0.25) is 0 Å². The minimum Gasteiger partial charge on any atom is -0.289 e. The maximum atomic E-state index is 12.8. The van der Waals surface area contributed by atoms with Crippen LogP contribution in [0.15, 0.2) is 66.4 Å². The van der Waals surface area contributed by atoms with Crippen molar-refractivity contribution in [3.05, 3.63) is 88.8 Å². The molecule has 1 aliphatic rings. The number of para-hydroxylation sites is 1. The first-order chi connectivity index (χ1) is 11.7. The predicted molar refractivity (Wildman–Crippen MR) is 95.4 cm³/mol. The number of allylic oxidation sites excluding steroid dienone is 1. The van der Waals surface area contributed by atoms with Gasteiger partial charge in [-0.25, -0.2) is 4.68 Å². The van der Waals surface area contributed by atoms with Crippen LogP contribution in [-0.4, -0.2) is 15.6 Å². The number of benzene rings is 2. The summed E-state index contributed by atoms with van der Waals surface area (Å²) in [6, 6.07) is 18.2. The van der Waals surface area contributed by atoms with E-state index in [-0.39, 0.29) is 5.78 Å². The van der Waals surface area contributed by atoms with E-state index in [2.05, 4.69) is 36.3 Å². The highest BCUT2D eigenvalue weighted by Crippen LogP contribution is 2.28. The van der Waals surface area contributed by atoms with Crippen molar-refractivity contribution in [3.8, 4) is 5.69 Å². The quantitative estimate of drug-likeness (QED) is 0.657. The molecule has 0 fully saturated rings. The molecular weight excluding hydrogens is 296 g/mol. The van der Waals surface area contributed by atoms with Gasteiger partial charge in [-0.3, -0.25) is 4.79 Å². The summed E-state index contributed by atoms with van der Waals surface area (Å²) in [6.45, 7) is 2.06. The molecule has 3 heteroatoms. The first-order valence-electron chi connectivity index (χ1n) is 8.16. The van der Waals surface area contributed by atoms with Gasteiger partial charge in [-0.2, -0.15) is 5.10 Å². The van der Waals surface area contributed by atoms with Crippen LogP contribution in [-0.2, 0) is 6.42 Å². The number of Topliss-reactive ketones (excluding diaryl/α,β-unsaturated/α-hetero) is 1. The van der Waals surface area contributed by atoms with E-state index in [1.54, 1.807) is 6.20 Å². The number of carbonyl (C=O) groups excluding carboxylic acids is 1. The average molecular weight is 314 g/mol. The Morgan fingerprint density at radius 3 is 2.50 bits per heavy atom. The molecule has 1 aliphatic carbocycles. The molecule has 0 aliphatic heterocycles. The van der Waals surface area contributed by atoms with Crippen molar-refractivity contribution >= 4 is 11.9 Å². The summed E-state index contributed by atoms with van der Waals surface area (Å²) in [5.74, 6) is 0.0963. The first-order valence-corrected chi connectivity index (χ1v) is 8.16. The van der Waals surface area contributed by atoms with Crippen molar-refractivity contribution in [1.82, 2.24) is 9.78 Å². The lowest BCUT2D eigenvalue weighted by molar-refractivity contribution is 0.102. The molecule has 0 saturated heterocycles. The van der Waals surface area contributed by atoms with Gasteiger partial charge in [-0.1, -0.05) is 48.0 Å². The standard InChI is InChI=1S/C21H18N2O/c1-15-7-9-16(10-8-15)13-17-11-12-20-19(21(17)24)14-22-23(20)18-5-3-2-4-6-18/h2-10,13-14H,11-12H2,1H3. The second kappa shape index (κ2) is 5.93. The Morgan fingerprint density at radius 1 is 1.00 bits per heavy atom. The summed E-state index contributed by atoms with van der Waals surface area (Å²) in [6.07, 6.45) is 5.28. The highest BCUT2D eigenvalue weighted by molar-refractivity contribution is 6.12. The van der Waals surface area contributed by atoms with Gasteiger partial charge in [0.15, 0.2) is 5.78 Å². The first kappa shape index (κ1) is 14.6. The fourth-order valence-electron chi connectivity index (χ4n) is 3.14. The third-order valence-corrected chi connectivity index (χ3v) is 4.46. The van der Waals surface area contributed by atoms with Gasteiger partial charge in [-0.15, -0.1) is 0 Å². The van der Waals surface area contributed by atoms with E-state index in [1.165, 1.54) is 5.56 Å². The van der Waals surface area contributed by atoms with Crippen LogP contribution in [0.3, 0.4) is 0 Å². The largest absolute Gasteiger partial charge is 0.289 e. The zero-order chi connectivity index (χ0) is 16.5. The number of fused-ring (bicyclic) bond motifs is 1. The Balaban J connectivity index is 1.69. The summed E-state index contributed by atoms with van der Waals surface area (Å²) in [4.78, 5) is 12.8. The fraction of sp³-hybridized carbons (Fsp3) is 0.143. The van der Waals surface area contributed by atoms with Crippen molar-refractivity contribution in [1.29, 1.82) is 0 Å². The van der Waals surface area contributed by atoms with Gasteiger partial charge in [0.05, 0.1) is 23.1 Å². The Hall–Kier alpha value is -2.94. The number of nitrogens with zero attached hydrogens (tertiary/aromatic N) is 2. The number of ketones is 1. The second-order valence-corrected chi connectivity index (χ2v) is 6.16. The molecule has 0 spiro atoms. The lowest BCUT2D eigenvalue weighted by atomic mass is 9.90. The van der Waals surface area contributed by atoms with Crippen LogP contribution in [0.25, 0.3) is 11.8 Å². The number of hydrogen-bond acceptors (Lipinski definition) is 2. The van der Waals surface area contributed by atoms with Crippen molar-refractivity contribution in [2.45, 2.75) is 19.8 Å². The third-order valence-electron chi connectivity index (χ3n) is 4.46. The summed E-state index contributed by atoms with van der Waals surface area (Å²) in [5, 5.41) is 4.44. The summed E-state index contributed by atoms with van der Waals surface area (Å²) in [5.41, 5.74) is 5.88. The number of aromatic nitrogens is 2. The molecule has 3 aromatic rings. The van der Waals surface area contributed by atoms with E-state index in [0.29, 0.717) is 0 Å². The van der Waals surface area contributed by atoms with Crippen LogP contribution in [0.4, 0.5) is 0 Å². The lowest BCUT2D eigenvalue weighted by Gasteiger charge is -2.16. The van der Waals surface area contributed by atoms with Crippen molar-refractivity contribution in [3.63, 3.8) is 0 Å². The van der Waals surface area contributed by atoms with Gasteiger partial charge in [0, 0.05) is 5.57 Å². The minimum atomic E-state index is 0.0963. The van der Waals surface area contributed by atoms with Crippen molar-refractivity contribution in [2.75, 3.05) is 0 Å². The number of hydrogen-bond donors (Lipinski definition) is 0. The molecule has 4 rings (SSSR count). The molecule has 0 unspecified atom stereocenters. The molecule has 0 bridgehead atoms. The van der Waals surface area contributed by atoms with Crippen LogP contribution in [0.2, 0.25) is 0 Å². The summed E-state index contributed by atoms with van der Waals surface area (Å²) >= 11 is 0. The average Bonchev–Trinajstić information content (AvgIpc) is 3.05. The second-order valence-electron chi connectivity index (χ2n) is 6.16. The Labute approximate surface area is 141 Å². The van der Waals surface area contributed by atoms with Crippen LogP contribution >= 0.6 is 0 Å². The van der Waals surface area contributed by atoms with Gasteiger partial charge in [0.25, 0.3) is 0 Å². The molecule has 2 aromatic carbocycles. The molecule has 1 heterocycles. The van der Waals surface area contributed by atoms with E-state index >= 15 is 0 Å². The van der Waals surface area contributed by atoms with Gasteiger partial charge >= 0.3 is 0 Å². The number of aryl methyl sites for hydroxylation is 1. The normalized spacial score (nSPS) is 15.5. The fourth-order valence-corrected chi connectivity index (χ4v) is 3.14. The zero-order valence-electron chi connectivity index (χ0n) is 13.6. The SMILES string of the molecule is Cc1ccc(C=C2CCc3c(cnn3-c3ccccc3)C2=O)cc1. The van der Waals surface area contributed by atoms with Gasteiger partial charge < -0.3 is 0 Å². The van der Waals surface area contributed by atoms with E-state index in [4.69, 9.17) is 0 Å². The molecule has 3 nitrogen and oxygen atoms in total. The molecule has 0 amide bonds. The minimum absolute atomic E-state index is 0.0963. The Morgan fingerprint density at radius 2 is 1.75 bits per heavy atom. The monoisotopic (exact) mass is 314 g/mol. The smallest absolute Gasteiger partial charge is 0.192 e. The molecule has 0 N–H and O–H groups in total. The predicted octanol–water partition coefficient (Wildman–Crippen LogP) is 4.39. The van der Waals surface area contributed by atoms with Gasteiger partial charge in [0.1, 0.15) is 0 Å². The number of rotatable bonds is 2. The van der Waals surface area contributed by atoms with E-state index in [0.717, 1.165) is 40.9 Å². The van der Waals surface area contributed by atoms with Crippen molar-refractivity contribution in [2.24, 2.45) is 0 Å². The Bertz CT molecular complexity index is 918. The van der Waals surface area contributed by atoms with Crippen LogP contribution in [0, 0.1) is 6.92 Å². The molecule has 24 heavy (non-hydrogen) atoms. The van der Waals surface area contributed by atoms with E-state index < -0.39 is 0 Å².